The Kier molecular flexibility index (Phi) is 5.74. The molecule has 5 heteroatoms. The van der Waals surface area contributed by atoms with Gasteiger partial charge in [-0.05, 0) is 41.8 Å². The van der Waals surface area contributed by atoms with Crippen molar-refractivity contribution in [3.8, 4) is 45.3 Å². The molecule has 4 heterocycles. The number of furan rings is 1. The molecule has 0 aliphatic carbocycles. The first-order valence-corrected chi connectivity index (χ1v) is 14.9. The molecule has 0 radical (unpaired) electrons. The Morgan fingerprint density at radius 1 is 0.400 bits per heavy atom. The molecule has 5 nitrogen and oxygen atoms in total. The lowest BCUT2D eigenvalue weighted by molar-refractivity contribution is 0.667. The van der Waals surface area contributed by atoms with Gasteiger partial charge in [0.1, 0.15) is 16.8 Å². The van der Waals surface area contributed by atoms with Crippen molar-refractivity contribution in [1.29, 1.82) is 0 Å². The van der Waals surface area contributed by atoms with Crippen molar-refractivity contribution in [1.82, 2.24) is 19.9 Å². The normalized spacial score (nSPS) is 11.6. The van der Waals surface area contributed by atoms with Crippen molar-refractivity contribution in [2.24, 2.45) is 0 Å². The van der Waals surface area contributed by atoms with Gasteiger partial charge in [0.15, 0.2) is 11.4 Å². The molecule has 0 fully saturated rings. The number of fused-ring (bicyclic) bond motifs is 6. The summed E-state index contributed by atoms with van der Waals surface area (Å²) in [5, 5.41) is 4.35. The molecule has 0 unspecified atom stereocenters. The van der Waals surface area contributed by atoms with Crippen LogP contribution < -0.4 is 0 Å². The predicted molar refractivity (Wildman–Crippen MR) is 182 cm³/mol. The van der Waals surface area contributed by atoms with E-state index in [0.717, 1.165) is 72.2 Å². The topological polar surface area (TPSA) is 64.7 Å². The Hall–Kier alpha value is -6.20. The van der Waals surface area contributed by atoms with Crippen LogP contribution in [0.15, 0.2) is 150 Å². The van der Waals surface area contributed by atoms with Crippen LogP contribution in [0.1, 0.15) is 0 Å². The smallest absolute Gasteiger partial charge is 0.180 e. The number of pyridine rings is 2. The first kappa shape index (κ1) is 25.3. The van der Waals surface area contributed by atoms with Gasteiger partial charge in [-0.15, -0.1) is 0 Å². The number of hydrogen-bond acceptors (Lipinski definition) is 5. The van der Waals surface area contributed by atoms with Crippen LogP contribution >= 0.6 is 0 Å². The van der Waals surface area contributed by atoms with Crippen molar-refractivity contribution in [3.63, 3.8) is 0 Å². The van der Waals surface area contributed by atoms with Gasteiger partial charge in [-0.2, -0.15) is 0 Å². The van der Waals surface area contributed by atoms with E-state index in [9.17, 15) is 0 Å². The lowest BCUT2D eigenvalue weighted by atomic mass is 10.0. The molecule has 0 aliphatic rings. The highest BCUT2D eigenvalue weighted by Crippen LogP contribution is 2.37. The monoisotopic (exact) mass is 576 g/mol. The van der Waals surface area contributed by atoms with Gasteiger partial charge < -0.3 is 4.42 Å². The van der Waals surface area contributed by atoms with E-state index in [0.29, 0.717) is 11.4 Å². The number of hydrogen-bond donors (Lipinski definition) is 0. The fourth-order valence-electron chi connectivity index (χ4n) is 6.16. The van der Waals surface area contributed by atoms with Crippen molar-refractivity contribution < 1.29 is 4.42 Å². The van der Waals surface area contributed by atoms with Crippen LogP contribution in [0, 0.1) is 0 Å². The van der Waals surface area contributed by atoms with E-state index < -0.39 is 0 Å². The van der Waals surface area contributed by atoms with Gasteiger partial charge in [-0.3, -0.25) is 0 Å². The molecule has 0 bridgehead atoms. The third-order valence-electron chi connectivity index (χ3n) is 8.28. The highest BCUT2D eigenvalue weighted by Gasteiger charge is 2.19. The summed E-state index contributed by atoms with van der Waals surface area (Å²) in [7, 11) is 0. The summed E-state index contributed by atoms with van der Waals surface area (Å²) in [5.74, 6) is 0.657. The molecule has 9 aromatic rings. The molecule has 5 aromatic carbocycles. The molecule has 210 valence electrons. The lowest BCUT2D eigenvalue weighted by Crippen LogP contribution is -1.95. The first-order valence-electron chi connectivity index (χ1n) is 14.9. The van der Waals surface area contributed by atoms with Crippen molar-refractivity contribution in [3.05, 3.63) is 146 Å². The Labute approximate surface area is 258 Å². The van der Waals surface area contributed by atoms with Crippen molar-refractivity contribution in [2.75, 3.05) is 0 Å². The zero-order chi connectivity index (χ0) is 29.7. The minimum absolute atomic E-state index is 0.657. The maximum Gasteiger partial charge on any atom is 0.180 e. The van der Waals surface area contributed by atoms with Crippen LogP contribution in [0.2, 0.25) is 0 Å². The summed E-state index contributed by atoms with van der Waals surface area (Å²) < 4.78 is 6.38. The highest BCUT2D eigenvalue weighted by molar-refractivity contribution is 6.10. The molecule has 0 amide bonds. The van der Waals surface area contributed by atoms with Crippen LogP contribution in [0.25, 0.3) is 89.0 Å². The fraction of sp³-hybridized carbons (Fsp3) is 0. The molecular weight excluding hydrogens is 552 g/mol. The maximum atomic E-state index is 6.38. The number of benzene rings is 5. The standard InChI is InChI=1S/C40H24N4O/c1-2-12-25(13-3-1)40-43-36(39-38(44-40)31-19-7-9-23-35(31)45-39)27-15-10-14-26(24-27)32-21-11-22-34(41-32)37-30-18-5-4-16-28(30)29-17-6-8-20-33(29)42-37/h1-24H. The number of nitrogens with zero attached hydrogens (tertiary/aromatic N) is 4. The number of rotatable bonds is 4. The largest absolute Gasteiger partial charge is 0.452 e. The molecule has 0 aliphatic heterocycles. The Balaban J connectivity index is 1.21. The zero-order valence-corrected chi connectivity index (χ0v) is 24.1. The van der Waals surface area contributed by atoms with Gasteiger partial charge in [-0.25, -0.2) is 19.9 Å². The first-order chi connectivity index (χ1) is 22.3. The quantitative estimate of drug-likeness (QED) is 0.195. The molecular formula is C40H24N4O. The summed E-state index contributed by atoms with van der Waals surface area (Å²) in [5.41, 5.74) is 9.36. The molecule has 0 spiro atoms. The molecule has 4 aromatic heterocycles. The minimum Gasteiger partial charge on any atom is -0.452 e. The van der Waals surface area contributed by atoms with E-state index in [4.69, 9.17) is 24.4 Å². The Morgan fingerprint density at radius 3 is 1.96 bits per heavy atom. The van der Waals surface area contributed by atoms with Gasteiger partial charge in [-0.1, -0.05) is 109 Å². The second-order valence-electron chi connectivity index (χ2n) is 11.0. The van der Waals surface area contributed by atoms with Crippen molar-refractivity contribution >= 4 is 43.7 Å². The van der Waals surface area contributed by atoms with Crippen LogP contribution in [0.5, 0.6) is 0 Å². The highest BCUT2D eigenvalue weighted by atomic mass is 16.3. The average molecular weight is 577 g/mol. The number of aromatic nitrogens is 4. The predicted octanol–water partition coefficient (Wildman–Crippen LogP) is 10.1. The van der Waals surface area contributed by atoms with Gasteiger partial charge in [0, 0.05) is 32.8 Å². The maximum absolute atomic E-state index is 6.38. The molecule has 0 N–H and O–H groups in total. The van der Waals surface area contributed by atoms with Crippen molar-refractivity contribution in [2.45, 2.75) is 0 Å². The van der Waals surface area contributed by atoms with Crippen LogP contribution in [0.4, 0.5) is 0 Å². The summed E-state index contributed by atoms with van der Waals surface area (Å²) in [6.45, 7) is 0. The van der Waals surface area contributed by atoms with E-state index in [2.05, 4.69) is 60.7 Å². The average Bonchev–Trinajstić information content (AvgIpc) is 3.50. The van der Waals surface area contributed by atoms with Gasteiger partial charge in [0.05, 0.1) is 22.6 Å². The van der Waals surface area contributed by atoms with Gasteiger partial charge in [0.25, 0.3) is 0 Å². The zero-order valence-electron chi connectivity index (χ0n) is 24.1. The summed E-state index contributed by atoms with van der Waals surface area (Å²) >= 11 is 0. The Morgan fingerprint density at radius 2 is 1.07 bits per heavy atom. The van der Waals surface area contributed by atoms with E-state index in [1.807, 2.05) is 84.9 Å². The molecule has 0 saturated carbocycles. The molecule has 0 saturated heterocycles. The van der Waals surface area contributed by atoms with Gasteiger partial charge >= 0.3 is 0 Å². The fourth-order valence-corrected chi connectivity index (χ4v) is 6.16. The van der Waals surface area contributed by atoms with E-state index in [-0.39, 0.29) is 0 Å². The lowest BCUT2D eigenvalue weighted by Gasteiger charge is -2.11. The van der Waals surface area contributed by atoms with Crippen LogP contribution in [0.3, 0.4) is 0 Å². The summed E-state index contributed by atoms with van der Waals surface area (Å²) in [4.78, 5) is 20.3. The van der Waals surface area contributed by atoms with E-state index >= 15 is 0 Å². The van der Waals surface area contributed by atoms with Crippen LogP contribution in [-0.4, -0.2) is 19.9 Å². The van der Waals surface area contributed by atoms with E-state index in [1.54, 1.807) is 0 Å². The Bertz CT molecular complexity index is 2550. The minimum atomic E-state index is 0.657. The summed E-state index contributed by atoms with van der Waals surface area (Å²) in [6, 6.07) is 49.2. The third-order valence-corrected chi connectivity index (χ3v) is 8.28. The van der Waals surface area contributed by atoms with E-state index in [1.165, 1.54) is 5.39 Å². The van der Waals surface area contributed by atoms with Gasteiger partial charge in [0.2, 0.25) is 0 Å². The SMILES string of the molecule is c1ccc(-c2nc(-c3cccc(-c4cccc(-c5nc6ccccc6c6ccccc56)n4)c3)c3oc4ccccc4c3n2)cc1. The molecule has 0 atom stereocenters. The second kappa shape index (κ2) is 10.2. The number of para-hydroxylation sites is 2. The summed E-state index contributed by atoms with van der Waals surface area (Å²) in [6.07, 6.45) is 0. The van der Waals surface area contributed by atoms with Crippen LogP contribution in [-0.2, 0) is 0 Å². The second-order valence-corrected chi connectivity index (χ2v) is 11.0. The molecule has 9 rings (SSSR count). The third kappa shape index (κ3) is 4.25. The molecule has 45 heavy (non-hydrogen) atoms.